The van der Waals surface area contributed by atoms with Gasteiger partial charge in [-0.25, -0.2) is 0 Å². The van der Waals surface area contributed by atoms with Crippen LogP contribution in [0.1, 0.15) is 24.6 Å². The van der Waals surface area contributed by atoms with Crippen LogP contribution in [0.5, 0.6) is 11.5 Å². The third-order valence-corrected chi connectivity index (χ3v) is 5.95. The molecule has 0 radical (unpaired) electrons. The van der Waals surface area contributed by atoms with Crippen molar-refractivity contribution in [3.8, 4) is 22.6 Å². The molecule has 0 spiro atoms. The molecule has 1 aliphatic rings. The van der Waals surface area contributed by atoms with Crippen LogP contribution in [-0.2, 0) is 5.41 Å². The van der Waals surface area contributed by atoms with Crippen LogP contribution < -0.4 is 9.47 Å². The van der Waals surface area contributed by atoms with E-state index in [4.69, 9.17) is 9.47 Å². The van der Waals surface area contributed by atoms with Crippen molar-refractivity contribution in [2.24, 2.45) is 0 Å². The van der Waals surface area contributed by atoms with Gasteiger partial charge in [0.2, 0.25) is 0 Å². The maximum Gasteiger partial charge on any atom is 0.119 e. The van der Waals surface area contributed by atoms with Gasteiger partial charge in [-0.05, 0) is 45.7 Å². The molecule has 0 saturated heterocycles. The molecule has 98 valence electrons. The summed E-state index contributed by atoms with van der Waals surface area (Å²) in [4.78, 5) is 0. The first-order valence-electron chi connectivity index (χ1n) is 6.45. The lowest BCUT2D eigenvalue weighted by atomic mass is 9.87. The van der Waals surface area contributed by atoms with E-state index in [0.29, 0.717) is 0 Å². The Balaban J connectivity index is 2.29. The van der Waals surface area contributed by atoms with Crippen molar-refractivity contribution in [3.63, 3.8) is 0 Å². The maximum absolute atomic E-state index is 5.40. The van der Waals surface area contributed by atoms with Crippen LogP contribution in [0.2, 0.25) is 0 Å². The molecule has 19 heavy (non-hydrogen) atoms. The third kappa shape index (κ3) is 1.72. The molecule has 0 bridgehead atoms. The number of rotatable bonds is 2. The molecular weight excluding hydrogens is 252 g/mol. The quantitative estimate of drug-likeness (QED) is 0.781. The van der Waals surface area contributed by atoms with Gasteiger partial charge >= 0.3 is 0 Å². The second kappa shape index (κ2) is 4.20. The van der Waals surface area contributed by atoms with Gasteiger partial charge in [0.1, 0.15) is 11.5 Å². The van der Waals surface area contributed by atoms with Gasteiger partial charge in [-0.15, -0.1) is 0 Å². The predicted molar refractivity (Wildman–Crippen MR) is 79.9 cm³/mol. The highest BCUT2D eigenvalue weighted by molar-refractivity contribution is 6.35. The van der Waals surface area contributed by atoms with Gasteiger partial charge in [0, 0.05) is 14.5 Å². The van der Waals surface area contributed by atoms with Gasteiger partial charge in [-0.1, -0.05) is 19.9 Å². The number of hydrogen-bond acceptors (Lipinski definition) is 2. The van der Waals surface area contributed by atoms with Gasteiger partial charge < -0.3 is 9.47 Å². The van der Waals surface area contributed by atoms with Crippen LogP contribution in [0.15, 0.2) is 29.9 Å². The first-order valence-corrected chi connectivity index (χ1v) is 7.69. The second-order valence-corrected chi connectivity index (χ2v) is 6.69. The predicted octanol–water partition coefficient (Wildman–Crippen LogP) is 3.08. The summed E-state index contributed by atoms with van der Waals surface area (Å²) in [6, 6.07) is 8.57. The van der Waals surface area contributed by atoms with E-state index in [1.54, 1.807) is 19.4 Å². The Morgan fingerprint density at radius 3 is 2.32 bits per heavy atom. The Bertz CT molecular complexity index is 592. The molecule has 3 heteroatoms. The zero-order chi connectivity index (χ0) is 13.6. The maximum atomic E-state index is 5.40. The zero-order valence-electron chi connectivity index (χ0n) is 11.8. The molecule has 0 atom stereocenters. The summed E-state index contributed by atoms with van der Waals surface area (Å²) in [5.41, 5.74) is 6.40. The van der Waals surface area contributed by atoms with Crippen LogP contribution in [0.4, 0.5) is 0 Å². The molecule has 0 aliphatic heterocycles. The van der Waals surface area contributed by atoms with Crippen molar-refractivity contribution < 1.29 is 9.47 Å². The minimum Gasteiger partial charge on any atom is -0.497 e. The van der Waals surface area contributed by atoms with E-state index in [2.05, 4.69) is 43.8 Å². The molecule has 1 heterocycles. The second-order valence-electron chi connectivity index (χ2n) is 5.45. The average Bonchev–Trinajstić information content (AvgIpc) is 2.66. The summed E-state index contributed by atoms with van der Waals surface area (Å²) in [5.74, 6) is 1.90. The van der Waals surface area contributed by atoms with Crippen molar-refractivity contribution in [1.82, 2.24) is 0 Å². The smallest absolute Gasteiger partial charge is 0.119 e. The Morgan fingerprint density at radius 2 is 1.63 bits per heavy atom. The Kier molecular flexibility index (Phi) is 2.75. The molecule has 2 nitrogen and oxygen atoms in total. The molecule has 0 amide bonds. The number of methoxy groups -OCH3 is 2. The minimum atomic E-state index is 0.124. The molecule has 1 aliphatic carbocycles. The fraction of sp³-hybridized carbons (Fsp3) is 0.312. The number of hydrogen-bond donors (Lipinski definition) is 0. The normalized spacial score (nSPS) is 14.7. The lowest BCUT2D eigenvalue weighted by Gasteiger charge is -2.21. The SMILES string of the molecule is COc1ccc2c(c1)-c1cc(OC)c[siH]c1C2(C)C. The third-order valence-electron chi connectivity index (χ3n) is 4.09. The van der Waals surface area contributed by atoms with E-state index in [9.17, 15) is 0 Å². The van der Waals surface area contributed by atoms with Gasteiger partial charge in [0.25, 0.3) is 0 Å². The fourth-order valence-electron chi connectivity index (χ4n) is 2.98. The summed E-state index contributed by atoms with van der Waals surface area (Å²) in [6.45, 7) is 4.63. The van der Waals surface area contributed by atoms with Crippen LogP contribution in [0, 0.1) is 0 Å². The number of benzene rings is 1. The molecule has 0 fully saturated rings. The highest BCUT2D eigenvalue weighted by Gasteiger charge is 2.35. The Hall–Kier alpha value is -1.61. The van der Waals surface area contributed by atoms with Crippen molar-refractivity contribution in [1.29, 1.82) is 0 Å². The van der Waals surface area contributed by atoms with Crippen LogP contribution >= 0.6 is 0 Å². The number of fused-ring (bicyclic) bond motifs is 3. The zero-order valence-corrected chi connectivity index (χ0v) is 12.9. The molecule has 0 unspecified atom stereocenters. The molecular formula is C16H18O2Si. The number of ether oxygens (including phenoxy) is 2. The molecule has 1 aromatic carbocycles. The summed E-state index contributed by atoms with van der Waals surface area (Å²) < 4.78 is 10.8. The van der Waals surface area contributed by atoms with Crippen molar-refractivity contribution in [2.75, 3.05) is 14.2 Å². The minimum absolute atomic E-state index is 0.124. The lowest BCUT2D eigenvalue weighted by molar-refractivity contribution is 0.414. The molecule has 3 rings (SSSR count). The van der Waals surface area contributed by atoms with Gasteiger partial charge in [-0.2, -0.15) is 0 Å². The average molecular weight is 270 g/mol. The van der Waals surface area contributed by atoms with Crippen LogP contribution in [0.3, 0.4) is 0 Å². The highest BCUT2D eigenvalue weighted by Crippen LogP contribution is 2.49. The van der Waals surface area contributed by atoms with E-state index >= 15 is 0 Å². The monoisotopic (exact) mass is 270 g/mol. The first-order chi connectivity index (χ1) is 9.07. The highest BCUT2D eigenvalue weighted by atomic mass is 28.2. The Morgan fingerprint density at radius 1 is 0.947 bits per heavy atom. The summed E-state index contributed by atoms with van der Waals surface area (Å²) in [7, 11) is 3.60. The molecule has 1 aromatic heterocycles. The van der Waals surface area contributed by atoms with E-state index in [-0.39, 0.29) is 14.5 Å². The fourth-order valence-corrected chi connectivity index (χ4v) is 4.54. The van der Waals surface area contributed by atoms with E-state index in [0.717, 1.165) is 11.5 Å². The molecule has 0 N–H and O–H groups in total. The van der Waals surface area contributed by atoms with E-state index < -0.39 is 0 Å². The van der Waals surface area contributed by atoms with Crippen LogP contribution in [0.25, 0.3) is 11.1 Å². The summed E-state index contributed by atoms with van der Waals surface area (Å²) in [6.07, 6.45) is 0. The van der Waals surface area contributed by atoms with Gasteiger partial charge in [0.05, 0.1) is 14.2 Å². The molecule has 2 aromatic rings. The van der Waals surface area contributed by atoms with Gasteiger partial charge in [-0.3, -0.25) is 0 Å². The van der Waals surface area contributed by atoms with Crippen molar-refractivity contribution in [3.05, 3.63) is 40.7 Å². The topological polar surface area (TPSA) is 18.5 Å². The summed E-state index contributed by atoms with van der Waals surface area (Å²) >= 11 is 0. The van der Waals surface area contributed by atoms with Gasteiger partial charge in [0.15, 0.2) is 0 Å². The van der Waals surface area contributed by atoms with E-state index in [1.807, 2.05) is 0 Å². The molecule has 0 saturated carbocycles. The van der Waals surface area contributed by atoms with Crippen molar-refractivity contribution in [2.45, 2.75) is 19.3 Å². The largest absolute Gasteiger partial charge is 0.497 e. The van der Waals surface area contributed by atoms with Crippen LogP contribution in [-0.4, -0.2) is 23.3 Å². The van der Waals surface area contributed by atoms with E-state index in [1.165, 1.54) is 16.7 Å². The van der Waals surface area contributed by atoms with Crippen molar-refractivity contribution >= 4 is 9.12 Å². The lowest BCUT2D eigenvalue weighted by Crippen LogP contribution is -2.16. The summed E-state index contributed by atoms with van der Waals surface area (Å²) in [5, 5.41) is 1.55. The standard InChI is InChI=1S/C16H18O2Si/c1-16(2)14-6-5-10(17-3)7-12(14)13-8-11(18-4)9-19-15(13)16/h5-9,19H,1-4H3. The Labute approximate surface area is 116 Å². The first kappa shape index (κ1) is 12.4.